The summed E-state index contributed by atoms with van der Waals surface area (Å²) in [6.07, 6.45) is 3.45. The van der Waals surface area contributed by atoms with Gasteiger partial charge in [0.15, 0.2) is 0 Å². The molecule has 0 fully saturated rings. The van der Waals surface area contributed by atoms with Crippen molar-refractivity contribution in [2.45, 2.75) is 18.9 Å². The number of hydrogen-bond donors (Lipinski definition) is 1. The van der Waals surface area contributed by atoms with E-state index in [1.54, 1.807) is 0 Å². The van der Waals surface area contributed by atoms with Crippen molar-refractivity contribution in [3.8, 4) is 23.7 Å². The van der Waals surface area contributed by atoms with Crippen LogP contribution in [0.4, 0.5) is 0 Å². The zero-order valence-corrected chi connectivity index (χ0v) is 11.4. The Kier molecular flexibility index (Phi) is 6.10. The standard InChI is InChI=1S/C12H12Br2O/c13-8-2-5-10-4-1-6-11(10)12(15)7-3-9-14/h4,11-12,15H,1,6,8-9H2/t11-,12-/m0/s1. The summed E-state index contributed by atoms with van der Waals surface area (Å²) in [4.78, 5) is 0. The molecule has 2 atom stereocenters. The lowest BCUT2D eigenvalue weighted by molar-refractivity contribution is 0.182. The molecule has 0 heterocycles. The molecule has 15 heavy (non-hydrogen) atoms. The van der Waals surface area contributed by atoms with Gasteiger partial charge in [-0.2, -0.15) is 0 Å². The van der Waals surface area contributed by atoms with Crippen LogP contribution >= 0.6 is 31.9 Å². The molecule has 80 valence electrons. The fourth-order valence-electron chi connectivity index (χ4n) is 1.58. The normalized spacial score (nSPS) is 20.7. The second kappa shape index (κ2) is 7.12. The van der Waals surface area contributed by atoms with Gasteiger partial charge >= 0.3 is 0 Å². The van der Waals surface area contributed by atoms with Gasteiger partial charge in [-0.3, -0.25) is 0 Å². The van der Waals surface area contributed by atoms with Crippen LogP contribution in [-0.4, -0.2) is 21.9 Å². The van der Waals surface area contributed by atoms with Crippen molar-refractivity contribution in [2.75, 3.05) is 10.7 Å². The second-order valence-corrected chi connectivity index (χ2v) is 4.30. The molecular weight excluding hydrogens is 320 g/mol. The zero-order valence-electron chi connectivity index (χ0n) is 8.26. The van der Waals surface area contributed by atoms with Gasteiger partial charge in [-0.05, 0) is 12.8 Å². The Labute approximate surface area is 108 Å². The molecule has 0 aromatic rings. The Hall–Kier alpha value is -0.220. The molecule has 0 bridgehead atoms. The van der Waals surface area contributed by atoms with E-state index in [0.717, 1.165) is 18.4 Å². The van der Waals surface area contributed by atoms with Gasteiger partial charge in [-0.1, -0.05) is 61.6 Å². The zero-order chi connectivity index (χ0) is 11.1. The van der Waals surface area contributed by atoms with Gasteiger partial charge in [0, 0.05) is 11.5 Å². The molecule has 0 saturated carbocycles. The lowest BCUT2D eigenvalue weighted by Crippen LogP contribution is -2.17. The van der Waals surface area contributed by atoms with Crippen LogP contribution in [0.25, 0.3) is 0 Å². The third-order valence-electron chi connectivity index (χ3n) is 2.24. The molecule has 3 heteroatoms. The highest BCUT2D eigenvalue weighted by molar-refractivity contribution is 9.09. The van der Waals surface area contributed by atoms with E-state index in [1.807, 2.05) is 0 Å². The molecule has 1 nitrogen and oxygen atoms in total. The van der Waals surface area contributed by atoms with E-state index in [-0.39, 0.29) is 5.92 Å². The van der Waals surface area contributed by atoms with Gasteiger partial charge in [-0.25, -0.2) is 0 Å². The molecule has 0 aromatic heterocycles. The summed E-state index contributed by atoms with van der Waals surface area (Å²) in [6, 6.07) is 0. The summed E-state index contributed by atoms with van der Waals surface area (Å²) >= 11 is 6.47. The predicted molar refractivity (Wildman–Crippen MR) is 70.0 cm³/mol. The monoisotopic (exact) mass is 330 g/mol. The van der Waals surface area contributed by atoms with Crippen LogP contribution in [-0.2, 0) is 0 Å². The van der Waals surface area contributed by atoms with Crippen molar-refractivity contribution in [1.29, 1.82) is 0 Å². The maximum absolute atomic E-state index is 9.84. The van der Waals surface area contributed by atoms with E-state index in [1.165, 1.54) is 0 Å². The van der Waals surface area contributed by atoms with Gasteiger partial charge in [-0.15, -0.1) is 0 Å². The summed E-state index contributed by atoms with van der Waals surface area (Å²) in [5, 5.41) is 11.1. The first kappa shape index (κ1) is 12.8. The molecule has 1 aliphatic rings. The van der Waals surface area contributed by atoms with E-state index in [2.05, 4.69) is 61.6 Å². The average molecular weight is 332 g/mol. The Morgan fingerprint density at radius 3 is 2.80 bits per heavy atom. The number of halogens is 2. The van der Waals surface area contributed by atoms with E-state index in [4.69, 9.17) is 0 Å². The van der Waals surface area contributed by atoms with Gasteiger partial charge in [0.1, 0.15) is 6.10 Å². The summed E-state index contributed by atoms with van der Waals surface area (Å²) in [6.45, 7) is 0. The van der Waals surface area contributed by atoms with E-state index >= 15 is 0 Å². The quantitative estimate of drug-likeness (QED) is 0.578. The smallest absolute Gasteiger partial charge is 0.122 e. The molecule has 0 saturated heterocycles. The van der Waals surface area contributed by atoms with Crippen LogP contribution < -0.4 is 0 Å². The largest absolute Gasteiger partial charge is 0.380 e. The number of aliphatic hydroxyl groups excluding tert-OH is 1. The van der Waals surface area contributed by atoms with Crippen LogP contribution in [0.3, 0.4) is 0 Å². The number of rotatable bonds is 1. The number of alkyl halides is 2. The average Bonchev–Trinajstić information content (AvgIpc) is 2.71. The second-order valence-electron chi connectivity index (χ2n) is 3.18. The molecule has 0 spiro atoms. The number of hydrogen-bond acceptors (Lipinski definition) is 1. The topological polar surface area (TPSA) is 20.2 Å². The van der Waals surface area contributed by atoms with E-state index < -0.39 is 6.10 Å². The molecule has 1 aliphatic carbocycles. The van der Waals surface area contributed by atoms with Crippen LogP contribution in [0.5, 0.6) is 0 Å². The molecule has 0 radical (unpaired) electrons. The predicted octanol–water partition coefficient (Wildman–Crippen LogP) is 2.48. The SMILES string of the molecule is O[C@@H](C#CCBr)[C@H]1CCC=C1C#CCBr. The van der Waals surface area contributed by atoms with Crippen molar-refractivity contribution >= 4 is 31.9 Å². The lowest BCUT2D eigenvalue weighted by atomic mass is 9.95. The molecule has 0 aliphatic heterocycles. The number of allylic oxidation sites excluding steroid dienone is 1. The minimum atomic E-state index is -0.582. The van der Waals surface area contributed by atoms with E-state index in [9.17, 15) is 5.11 Å². The minimum absolute atomic E-state index is 0.100. The molecule has 0 unspecified atom stereocenters. The van der Waals surface area contributed by atoms with Gasteiger partial charge < -0.3 is 5.11 Å². The summed E-state index contributed by atoms with van der Waals surface area (Å²) in [5.41, 5.74) is 1.03. The molecule has 0 amide bonds. The Balaban J connectivity index is 2.66. The highest BCUT2D eigenvalue weighted by Gasteiger charge is 2.24. The fraction of sp³-hybridized carbons (Fsp3) is 0.500. The fourth-order valence-corrected chi connectivity index (χ4v) is 1.88. The van der Waals surface area contributed by atoms with Crippen molar-refractivity contribution in [3.63, 3.8) is 0 Å². The Bertz CT molecular complexity index is 351. The maximum Gasteiger partial charge on any atom is 0.122 e. The maximum atomic E-state index is 9.84. The van der Waals surface area contributed by atoms with Crippen molar-refractivity contribution < 1.29 is 5.11 Å². The first-order valence-electron chi connectivity index (χ1n) is 4.77. The lowest BCUT2D eigenvalue weighted by Gasteiger charge is -2.13. The van der Waals surface area contributed by atoms with Crippen LogP contribution in [0.15, 0.2) is 11.6 Å². The first-order chi connectivity index (χ1) is 7.29. The molecule has 1 rings (SSSR count). The Morgan fingerprint density at radius 2 is 2.13 bits per heavy atom. The molecule has 1 N–H and O–H groups in total. The van der Waals surface area contributed by atoms with E-state index in [0.29, 0.717) is 10.7 Å². The molecular formula is C12H12Br2O. The highest BCUT2D eigenvalue weighted by Crippen LogP contribution is 2.28. The van der Waals surface area contributed by atoms with Gasteiger partial charge in [0.05, 0.1) is 10.7 Å². The summed E-state index contributed by atoms with van der Waals surface area (Å²) < 4.78 is 0. The third kappa shape index (κ3) is 4.03. The summed E-state index contributed by atoms with van der Waals surface area (Å²) in [5.74, 6) is 11.8. The first-order valence-corrected chi connectivity index (χ1v) is 7.01. The van der Waals surface area contributed by atoms with Crippen molar-refractivity contribution in [1.82, 2.24) is 0 Å². The van der Waals surface area contributed by atoms with Crippen LogP contribution in [0, 0.1) is 29.6 Å². The molecule has 0 aromatic carbocycles. The minimum Gasteiger partial charge on any atom is -0.380 e. The Morgan fingerprint density at radius 1 is 1.40 bits per heavy atom. The third-order valence-corrected chi connectivity index (χ3v) is 2.80. The number of aliphatic hydroxyl groups is 1. The van der Waals surface area contributed by atoms with Crippen molar-refractivity contribution in [2.24, 2.45) is 5.92 Å². The van der Waals surface area contributed by atoms with Gasteiger partial charge in [0.2, 0.25) is 0 Å². The van der Waals surface area contributed by atoms with Crippen LogP contribution in [0.2, 0.25) is 0 Å². The summed E-state index contributed by atoms with van der Waals surface area (Å²) in [7, 11) is 0. The highest BCUT2D eigenvalue weighted by atomic mass is 79.9. The van der Waals surface area contributed by atoms with Crippen LogP contribution in [0.1, 0.15) is 12.8 Å². The van der Waals surface area contributed by atoms with Crippen molar-refractivity contribution in [3.05, 3.63) is 11.6 Å². The van der Waals surface area contributed by atoms with Gasteiger partial charge in [0.25, 0.3) is 0 Å².